The van der Waals surface area contributed by atoms with E-state index in [1.807, 2.05) is 19.9 Å². The summed E-state index contributed by atoms with van der Waals surface area (Å²) in [6, 6.07) is 18.9. The van der Waals surface area contributed by atoms with Gasteiger partial charge in [0.25, 0.3) is 11.5 Å². The molecule has 0 aliphatic carbocycles. The molecule has 1 atom stereocenters. The molecular weight excluding hydrogens is 527 g/mol. The Hall–Kier alpha value is -4.96. The van der Waals surface area contributed by atoms with Gasteiger partial charge in [-0.3, -0.25) is 19.3 Å². The Bertz CT molecular complexity index is 1800. The van der Waals surface area contributed by atoms with Gasteiger partial charge in [0.1, 0.15) is 17.1 Å². The Morgan fingerprint density at radius 2 is 1.80 bits per heavy atom. The van der Waals surface area contributed by atoms with E-state index in [4.69, 9.17) is 4.74 Å². The smallest absolute Gasteiger partial charge is 0.284 e. The number of hydrogen-bond donors (Lipinski definition) is 3. The van der Waals surface area contributed by atoms with Crippen LogP contribution in [0.15, 0.2) is 83.8 Å². The summed E-state index contributed by atoms with van der Waals surface area (Å²) in [6.45, 7) is 5.47. The second kappa shape index (κ2) is 11.3. The van der Waals surface area contributed by atoms with Gasteiger partial charge in [0.2, 0.25) is 0 Å². The highest BCUT2D eigenvalue weighted by Crippen LogP contribution is 2.32. The van der Waals surface area contributed by atoms with Gasteiger partial charge in [-0.05, 0) is 55.3 Å². The van der Waals surface area contributed by atoms with Crippen LogP contribution in [0.5, 0.6) is 17.2 Å². The van der Waals surface area contributed by atoms with Crippen molar-refractivity contribution in [1.29, 1.82) is 0 Å². The number of amides is 1. The molecule has 0 saturated carbocycles. The van der Waals surface area contributed by atoms with E-state index in [1.54, 1.807) is 48.0 Å². The molecule has 1 amide bonds. The quantitative estimate of drug-likeness (QED) is 0.236. The van der Waals surface area contributed by atoms with Crippen LogP contribution in [0.2, 0.25) is 0 Å². The van der Waals surface area contributed by atoms with Crippen molar-refractivity contribution < 1.29 is 24.1 Å². The van der Waals surface area contributed by atoms with Crippen LogP contribution in [0, 0.1) is 18.7 Å². The van der Waals surface area contributed by atoms with Crippen LogP contribution in [0.25, 0.3) is 16.6 Å². The third-order valence-electron chi connectivity index (χ3n) is 6.85. The number of fused-ring (bicyclic) bond motifs is 1. The molecule has 0 radical (unpaired) electrons. The van der Waals surface area contributed by atoms with Gasteiger partial charge < -0.3 is 20.3 Å². The lowest BCUT2D eigenvalue weighted by atomic mass is 10.1. The maximum atomic E-state index is 15.1. The minimum atomic E-state index is -0.753. The van der Waals surface area contributed by atoms with Crippen molar-refractivity contribution in [1.82, 2.24) is 14.3 Å². The topological polar surface area (TPSA) is 119 Å². The molecule has 0 aliphatic heterocycles. The predicted molar refractivity (Wildman–Crippen MR) is 153 cm³/mol. The van der Waals surface area contributed by atoms with E-state index >= 15 is 4.39 Å². The maximum Gasteiger partial charge on any atom is 0.284 e. The van der Waals surface area contributed by atoms with E-state index < -0.39 is 23.4 Å². The third kappa shape index (κ3) is 5.55. The molecule has 0 spiro atoms. The van der Waals surface area contributed by atoms with Crippen molar-refractivity contribution in [3.05, 3.63) is 106 Å². The molecule has 0 bridgehead atoms. The number of pyridine rings is 1. The summed E-state index contributed by atoms with van der Waals surface area (Å²) in [5.74, 6) is -1.21. The minimum Gasteiger partial charge on any atom is -0.508 e. The molecule has 0 saturated heterocycles. The van der Waals surface area contributed by atoms with Crippen LogP contribution in [-0.4, -0.2) is 36.6 Å². The number of carbonyl (C=O) groups excluding carboxylic acids is 1. The maximum absolute atomic E-state index is 15.1. The van der Waals surface area contributed by atoms with Gasteiger partial charge in [0, 0.05) is 29.4 Å². The molecule has 3 aromatic carbocycles. The number of carbonyl (C=O) groups is 1. The summed E-state index contributed by atoms with van der Waals surface area (Å²) in [5.41, 5.74) is 0.852. The standard InChI is InChI=1S/C31H29FN4O5/c1-18(2)26(38)17-35-19(3)29(31(40)36(35)21-7-5-4-6-8-21)30(39)34-20-9-12-28(24(32)15-20)41-27-13-14-33-25-16-22(37)10-11-23(25)27/h4-16,18,26,37-38H,17H2,1-3H3,(H,34,39). The van der Waals surface area contributed by atoms with Crippen molar-refractivity contribution in [2.75, 3.05) is 5.32 Å². The first-order valence-electron chi connectivity index (χ1n) is 13.1. The number of anilines is 1. The number of aliphatic hydroxyl groups is 1. The SMILES string of the molecule is Cc1c(C(=O)Nc2ccc(Oc3ccnc4cc(O)ccc34)c(F)c2)c(=O)n(-c2ccccc2)n1CC(O)C(C)C. The molecule has 41 heavy (non-hydrogen) atoms. The number of benzene rings is 3. The zero-order valence-electron chi connectivity index (χ0n) is 22.7. The number of hydrogen-bond acceptors (Lipinski definition) is 6. The highest BCUT2D eigenvalue weighted by atomic mass is 19.1. The Kier molecular flexibility index (Phi) is 7.58. The molecule has 5 aromatic rings. The molecule has 3 N–H and O–H groups in total. The number of nitrogens with one attached hydrogen (secondary N) is 1. The fourth-order valence-corrected chi connectivity index (χ4v) is 4.52. The largest absolute Gasteiger partial charge is 0.508 e. The molecule has 0 fully saturated rings. The lowest BCUT2D eigenvalue weighted by molar-refractivity contribution is 0.0987. The Balaban J connectivity index is 1.43. The van der Waals surface area contributed by atoms with Gasteiger partial charge in [-0.25, -0.2) is 9.07 Å². The van der Waals surface area contributed by atoms with Gasteiger partial charge in [0.05, 0.1) is 29.5 Å². The summed E-state index contributed by atoms with van der Waals surface area (Å²) in [6.07, 6.45) is 0.733. The van der Waals surface area contributed by atoms with Gasteiger partial charge in [-0.1, -0.05) is 32.0 Å². The first kappa shape index (κ1) is 27.6. The van der Waals surface area contributed by atoms with Crippen molar-refractivity contribution in [3.8, 4) is 22.9 Å². The van der Waals surface area contributed by atoms with Crippen LogP contribution in [-0.2, 0) is 6.54 Å². The first-order valence-corrected chi connectivity index (χ1v) is 13.1. The van der Waals surface area contributed by atoms with Crippen molar-refractivity contribution in [2.45, 2.75) is 33.4 Å². The number of para-hydroxylation sites is 1. The molecule has 2 aromatic heterocycles. The molecule has 2 heterocycles. The fourth-order valence-electron chi connectivity index (χ4n) is 4.52. The number of nitrogens with zero attached hydrogens (tertiary/aromatic N) is 3. The number of phenolic OH excluding ortho intramolecular Hbond substituents is 1. The molecular formula is C31H29FN4O5. The van der Waals surface area contributed by atoms with Crippen LogP contribution >= 0.6 is 0 Å². The van der Waals surface area contributed by atoms with Gasteiger partial charge in [-0.2, -0.15) is 0 Å². The highest BCUT2D eigenvalue weighted by Gasteiger charge is 2.26. The number of aromatic hydroxyl groups is 1. The molecule has 1 unspecified atom stereocenters. The Morgan fingerprint density at radius 1 is 1.05 bits per heavy atom. The first-order chi connectivity index (χ1) is 19.6. The van der Waals surface area contributed by atoms with Crippen LogP contribution in [0.3, 0.4) is 0 Å². The average molecular weight is 557 g/mol. The number of phenols is 1. The van der Waals surface area contributed by atoms with Crippen LogP contribution in [0.4, 0.5) is 10.1 Å². The van der Waals surface area contributed by atoms with Crippen molar-refractivity contribution in [2.24, 2.45) is 5.92 Å². The Labute approximate surface area is 235 Å². The second-order valence-electron chi connectivity index (χ2n) is 10.0. The summed E-state index contributed by atoms with van der Waals surface area (Å²) < 4.78 is 23.8. The number of aromatic nitrogens is 3. The van der Waals surface area contributed by atoms with Crippen LogP contribution in [0.1, 0.15) is 29.9 Å². The van der Waals surface area contributed by atoms with E-state index in [0.29, 0.717) is 28.0 Å². The van der Waals surface area contributed by atoms with Crippen molar-refractivity contribution in [3.63, 3.8) is 0 Å². The monoisotopic (exact) mass is 556 g/mol. The fraction of sp³-hybridized carbons (Fsp3) is 0.194. The minimum absolute atomic E-state index is 0.0469. The summed E-state index contributed by atoms with van der Waals surface area (Å²) >= 11 is 0. The molecule has 210 valence electrons. The summed E-state index contributed by atoms with van der Waals surface area (Å²) in [7, 11) is 0. The normalized spacial score (nSPS) is 12.0. The Morgan fingerprint density at radius 3 is 2.51 bits per heavy atom. The van der Waals surface area contributed by atoms with Crippen molar-refractivity contribution >= 4 is 22.5 Å². The predicted octanol–water partition coefficient (Wildman–Crippen LogP) is 5.40. The molecule has 10 heteroatoms. The number of ether oxygens (including phenoxy) is 1. The number of rotatable bonds is 8. The van der Waals surface area contributed by atoms with E-state index in [-0.39, 0.29) is 35.2 Å². The third-order valence-corrected chi connectivity index (χ3v) is 6.85. The molecule has 5 rings (SSSR count). The second-order valence-corrected chi connectivity index (χ2v) is 10.0. The highest BCUT2D eigenvalue weighted by molar-refractivity contribution is 6.05. The van der Waals surface area contributed by atoms with E-state index in [9.17, 15) is 19.8 Å². The lowest BCUT2D eigenvalue weighted by Crippen LogP contribution is -2.29. The number of aliphatic hydroxyl groups excluding tert-OH is 1. The summed E-state index contributed by atoms with van der Waals surface area (Å²) in [5, 5.41) is 23.5. The van der Waals surface area contributed by atoms with Crippen LogP contribution < -0.4 is 15.6 Å². The molecule has 9 nitrogen and oxygen atoms in total. The molecule has 0 aliphatic rings. The van der Waals surface area contributed by atoms with Gasteiger partial charge in [-0.15, -0.1) is 0 Å². The van der Waals surface area contributed by atoms with E-state index in [2.05, 4.69) is 10.3 Å². The average Bonchev–Trinajstić information content (AvgIpc) is 3.19. The van der Waals surface area contributed by atoms with E-state index in [1.165, 1.54) is 35.1 Å². The van der Waals surface area contributed by atoms with Gasteiger partial charge >= 0.3 is 0 Å². The summed E-state index contributed by atoms with van der Waals surface area (Å²) in [4.78, 5) is 31.1. The number of halogens is 1. The zero-order chi connectivity index (χ0) is 29.3. The zero-order valence-corrected chi connectivity index (χ0v) is 22.7. The lowest BCUT2D eigenvalue weighted by Gasteiger charge is -2.19. The van der Waals surface area contributed by atoms with Gasteiger partial charge in [0.15, 0.2) is 11.6 Å². The van der Waals surface area contributed by atoms with E-state index in [0.717, 1.165) is 6.07 Å².